The molecule has 2 heterocycles. The van der Waals surface area contributed by atoms with Gasteiger partial charge in [-0.25, -0.2) is 9.59 Å². The lowest BCUT2D eigenvalue weighted by Crippen LogP contribution is -2.18. The SMILES string of the molecule is CCOC(=O)c1cc(C(=O)OCC)n2c1-c1ccccc1CC2. The number of nitrogens with zero attached hydrogens (tertiary/aromatic N) is 1. The Bertz CT molecular complexity index is 760. The molecule has 0 aliphatic carbocycles. The van der Waals surface area contributed by atoms with E-state index in [1.54, 1.807) is 19.9 Å². The Hall–Kier alpha value is -2.56. The molecule has 2 aromatic rings. The third kappa shape index (κ3) is 2.63. The molecule has 0 unspecified atom stereocenters. The Kier molecular flexibility index (Phi) is 4.19. The number of rotatable bonds is 4. The van der Waals surface area contributed by atoms with Crippen molar-refractivity contribution in [3.63, 3.8) is 0 Å². The molecule has 0 saturated carbocycles. The van der Waals surface area contributed by atoms with Gasteiger partial charge >= 0.3 is 11.9 Å². The van der Waals surface area contributed by atoms with Crippen LogP contribution in [0.2, 0.25) is 0 Å². The van der Waals surface area contributed by atoms with Gasteiger partial charge < -0.3 is 14.0 Å². The summed E-state index contributed by atoms with van der Waals surface area (Å²) < 4.78 is 12.1. The van der Waals surface area contributed by atoms with Crippen molar-refractivity contribution in [2.75, 3.05) is 13.2 Å². The molecule has 0 amide bonds. The minimum atomic E-state index is -0.413. The third-order valence-electron chi connectivity index (χ3n) is 3.95. The fourth-order valence-electron chi connectivity index (χ4n) is 3.01. The van der Waals surface area contributed by atoms with Crippen molar-refractivity contribution in [1.29, 1.82) is 0 Å². The van der Waals surface area contributed by atoms with Crippen molar-refractivity contribution < 1.29 is 19.1 Å². The highest BCUT2D eigenvalue weighted by Gasteiger charge is 2.29. The Balaban J connectivity index is 2.18. The van der Waals surface area contributed by atoms with Crippen molar-refractivity contribution in [2.45, 2.75) is 26.8 Å². The predicted octanol–water partition coefficient (Wildman–Crippen LogP) is 3.06. The summed E-state index contributed by atoms with van der Waals surface area (Å²) in [6, 6.07) is 9.52. The number of hydrogen-bond donors (Lipinski definition) is 0. The summed E-state index contributed by atoms with van der Waals surface area (Å²) in [6.45, 7) is 4.75. The van der Waals surface area contributed by atoms with Gasteiger partial charge in [0.2, 0.25) is 0 Å². The van der Waals surface area contributed by atoms with Crippen LogP contribution in [0.15, 0.2) is 30.3 Å². The second-order valence-electron chi connectivity index (χ2n) is 5.29. The normalized spacial score (nSPS) is 12.3. The lowest BCUT2D eigenvalue weighted by molar-refractivity contribution is 0.0512. The van der Waals surface area contributed by atoms with E-state index >= 15 is 0 Å². The minimum Gasteiger partial charge on any atom is -0.462 e. The summed E-state index contributed by atoms with van der Waals surface area (Å²) in [5, 5.41) is 0. The maximum atomic E-state index is 12.3. The van der Waals surface area contributed by atoms with Crippen LogP contribution in [-0.2, 0) is 22.4 Å². The third-order valence-corrected chi connectivity index (χ3v) is 3.95. The first kappa shape index (κ1) is 15.3. The second kappa shape index (κ2) is 6.28. The zero-order valence-corrected chi connectivity index (χ0v) is 13.3. The molecule has 0 N–H and O–H groups in total. The molecule has 3 rings (SSSR count). The van der Waals surface area contributed by atoms with Gasteiger partial charge in [-0.15, -0.1) is 0 Å². The van der Waals surface area contributed by atoms with E-state index < -0.39 is 11.9 Å². The van der Waals surface area contributed by atoms with E-state index in [1.165, 1.54) is 5.56 Å². The number of carbonyl (C=O) groups is 2. The second-order valence-corrected chi connectivity index (χ2v) is 5.29. The standard InChI is InChI=1S/C18H19NO4/c1-3-22-17(20)14-11-15(18(21)23-4-2)19-10-9-12-7-5-6-8-13(12)16(14)19/h5-8,11H,3-4,9-10H2,1-2H3. The highest BCUT2D eigenvalue weighted by Crippen LogP contribution is 2.35. The Morgan fingerprint density at radius 2 is 1.78 bits per heavy atom. The molecule has 0 radical (unpaired) electrons. The summed E-state index contributed by atoms with van der Waals surface area (Å²) >= 11 is 0. The van der Waals surface area contributed by atoms with Crippen LogP contribution in [0, 0.1) is 0 Å². The van der Waals surface area contributed by atoms with E-state index in [4.69, 9.17) is 9.47 Å². The summed E-state index contributed by atoms with van der Waals surface area (Å²) in [6.07, 6.45) is 0.812. The van der Waals surface area contributed by atoms with Crippen LogP contribution in [0.4, 0.5) is 0 Å². The van der Waals surface area contributed by atoms with E-state index in [0.717, 1.165) is 17.7 Å². The number of hydrogen-bond acceptors (Lipinski definition) is 4. The molecule has 0 atom stereocenters. The number of esters is 2. The molecule has 23 heavy (non-hydrogen) atoms. The fraction of sp³-hybridized carbons (Fsp3) is 0.333. The van der Waals surface area contributed by atoms with Crippen LogP contribution in [0.5, 0.6) is 0 Å². The summed E-state index contributed by atoms with van der Waals surface area (Å²) in [5.74, 6) is -0.827. The smallest absolute Gasteiger partial charge is 0.354 e. The van der Waals surface area contributed by atoms with Gasteiger partial charge in [0.05, 0.1) is 24.5 Å². The zero-order valence-electron chi connectivity index (χ0n) is 13.3. The molecule has 120 valence electrons. The van der Waals surface area contributed by atoms with Gasteiger partial charge in [0.1, 0.15) is 5.69 Å². The first-order valence-electron chi connectivity index (χ1n) is 7.83. The van der Waals surface area contributed by atoms with Crippen LogP contribution in [0.1, 0.15) is 40.3 Å². The predicted molar refractivity (Wildman–Crippen MR) is 85.5 cm³/mol. The van der Waals surface area contributed by atoms with Gasteiger partial charge in [-0.05, 0) is 31.9 Å². The van der Waals surface area contributed by atoms with Gasteiger partial charge in [-0.1, -0.05) is 24.3 Å². The maximum Gasteiger partial charge on any atom is 0.354 e. The van der Waals surface area contributed by atoms with Gasteiger partial charge in [-0.3, -0.25) is 0 Å². The van der Waals surface area contributed by atoms with Crippen LogP contribution >= 0.6 is 0 Å². The molecule has 0 bridgehead atoms. The summed E-state index contributed by atoms with van der Waals surface area (Å²) in [5.41, 5.74) is 3.70. The number of ether oxygens (including phenoxy) is 2. The number of aryl methyl sites for hydroxylation is 1. The van der Waals surface area contributed by atoms with Crippen LogP contribution < -0.4 is 0 Å². The van der Waals surface area contributed by atoms with Crippen LogP contribution in [0.3, 0.4) is 0 Å². The minimum absolute atomic E-state index is 0.292. The van der Waals surface area contributed by atoms with Crippen molar-refractivity contribution >= 4 is 11.9 Å². The van der Waals surface area contributed by atoms with Crippen LogP contribution in [0.25, 0.3) is 11.3 Å². The first-order chi connectivity index (χ1) is 11.2. The molecular weight excluding hydrogens is 294 g/mol. The molecule has 1 aliphatic heterocycles. The number of fused-ring (bicyclic) bond motifs is 3. The highest BCUT2D eigenvalue weighted by atomic mass is 16.5. The molecular formula is C18H19NO4. The lowest BCUT2D eigenvalue weighted by atomic mass is 9.96. The van der Waals surface area contributed by atoms with Gasteiger partial charge in [0.25, 0.3) is 0 Å². The van der Waals surface area contributed by atoms with E-state index in [1.807, 2.05) is 28.8 Å². The fourth-order valence-corrected chi connectivity index (χ4v) is 3.01. The zero-order chi connectivity index (χ0) is 16.4. The van der Waals surface area contributed by atoms with Crippen molar-refractivity contribution in [2.24, 2.45) is 0 Å². The molecule has 1 aromatic heterocycles. The molecule has 0 fully saturated rings. The largest absolute Gasteiger partial charge is 0.462 e. The van der Waals surface area contributed by atoms with Gasteiger partial charge in [-0.2, -0.15) is 0 Å². The Morgan fingerprint density at radius 3 is 2.52 bits per heavy atom. The number of carbonyl (C=O) groups excluding carboxylic acids is 2. The molecule has 1 aliphatic rings. The molecule has 0 spiro atoms. The van der Waals surface area contributed by atoms with Crippen LogP contribution in [-0.4, -0.2) is 29.7 Å². The summed E-state index contributed by atoms with van der Waals surface area (Å²) in [4.78, 5) is 24.6. The quantitative estimate of drug-likeness (QED) is 0.814. The van der Waals surface area contributed by atoms with E-state index in [9.17, 15) is 9.59 Å². The molecule has 0 saturated heterocycles. The van der Waals surface area contributed by atoms with Crippen molar-refractivity contribution in [1.82, 2.24) is 4.57 Å². The average molecular weight is 313 g/mol. The van der Waals surface area contributed by atoms with E-state index in [2.05, 4.69) is 0 Å². The highest BCUT2D eigenvalue weighted by molar-refractivity contribution is 6.01. The number of benzene rings is 1. The monoisotopic (exact) mass is 313 g/mol. The molecule has 5 nitrogen and oxygen atoms in total. The topological polar surface area (TPSA) is 57.5 Å². The Morgan fingerprint density at radius 1 is 1.09 bits per heavy atom. The Labute approximate surface area is 134 Å². The first-order valence-corrected chi connectivity index (χ1v) is 7.83. The van der Waals surface area contributed by atoms with Gasteiger partial charge in [0.15, 0.2) is 0 Å². The van der Waals surface area contributed by atoms with E-state index in [0.29, 0.717) is 31.0 Å². The molecule has 1 aromatic carbocycles. The van der Waals surface area contributed by atoms with E-state index in [-0.39, 0.29) is 0 Å². The van der Waals surface area contributed by atoms with Gasteiger partial charge in [0, 0.05) is 12.1 Å². The molecule has 5 heteroatoms. The van der Waals surface area contributed by atoms with Crippen molar-refractivity contribution in [3.8, 4) is 11.3 Å². The maximum absolute atomic E-state index is 12.3. The lowest BCUT2D eigenvalue weighted by Gasteiger charge is -2.21. The number of aromatic nitrogens is 1. The average Bonchev–Trinajstić information content (AvgIpc) is 2.95. The van der Waals surface area contributed by atoms with Crippen molar-refractivity contribution in [3.05, 3.63) is 47.2 Å². The summed E-state index contributed by atoms with van der Waals surface area (Å²) in [7, 11) is 0.